The number of hydrogen-bond donors (Lipinski definition) is 1. The molecular formula is C16H15N3O3S2. The maximum atomic E-state index is 12.3. The normalized spacial score (nSPS) is 11.0. The quantitative estimate of drug-likeness (QED) is 0.714. The third-order valence-electron chi connectivity index (χ3n) is 3.28. The zero-order chi connectivity index (χ0) is 17.3. The molecule has 0 unspecified atom stereocenters. The van der Waals surface area contributed by atoms with E-state index >= 15 is 0 Å². The Morgan fingerprint density at radius 1 is 1.33 bits per heavy atom. The van der Waals surface area contributed by atoms with Crippen molar-refractivity contribution in [2.45, 2.75) is 25.9 Å². The molecule has 8 heteroatoms. The number of rotatable bonds is 4. The van der Waals surface area contributed by atoms with Gasteiger partial charge >= 0.3 is 0 Å². The van der Waals surface area contributed by atoms with Gasteiger partial charge in [0.2, 0.25) is 10.3 Å². The first-order chi connectivity index (χ1) is 11.5. The van der Waals surface area contributed by atoms with Crippen LogP contribution in [-0.2, 0) is 0 Å². The van der Waals surface area contributed by atoms with Crippen LogP contribution in [0.3, 0.4) is 0 Å². The number of anilines is 1. The summed E-state index contributed by atoms with van der Waals surface area (Å²) in [5.41, 5.74) is 1.97. The molecule has 0 spiro atoms. The molecule has 0 bridgehead atoms. The Morgan fingerprint density at radius 2 is 2.12 bits per heavy atom. The molecule has 0 aliphatic heterocycles. The molecule has 0 aliphatic carbocycles. The van der Waals surface area contributed by atoms with Crippen LogP contribution in [0.2, 0.25) is 0 Å². The zero-order valence-corrected chi connectivity index (χ0v) is 15.0. The summed E-state index contributed by atoms with van der Waals surface area (Å²) in [5, 5.41) is 4.08. The van der Waals surface area contributed by atoms with Gasteiger partial charge in [0, 0.05) is 17.6 Å². The molecule has 3 aromatic rings. The third-order valence-corrected chi connectivity index (χ3v) is 4.76. The first-order valence-electron chi connectivity index (χ1n) is 7.31. The number of hydrogen-bond acceptors (Lipinski definition) is 7. The Labute approximate surface area is 146 Å². The number of aryl methyl sites for hydroxylation is 2. The predicted molar refractivity (Wildman–Crippen MR) is 96.2 cm³/mol. The number of amides is 1. The minimum Gasteiger partial charge on any atom is -0.450 e. The fourth-order valence-electron chi connectivity index (χ4n) is 2.33. The fourth-order valence-corrected chi connectivity index (χ4v) is 3.59. The van der Waals surface area contributed by atoms with Crippen LogP contribution in [0.15, 0.2) is 32.6 Å². The van der Waals surface area contributed by atoms with Crippen LogP contribution < -0.4 is 10.7 Å². The van der Waals surface area contributed by atoms with Crippen LogP contribution in [-0.4, -0.2) is 21.0 Å². The lowest BCUT2D eigenvalue weighted by Crippen LogP contribution is -2.15. The molecule has 3 rings (SSSR count). The van der Waals surface area contributed by atoms with Gasteiger partial charge in [-0.3, -0.25) is 14.9 Å². The highest BCUT2D eigenvalue weighted by Gasteiger charge is 2.16. The van der Waals surface area contributed by atoms with E-state index in [0.29, 0.717) is 21.3 Å². The summed E-state index contributed by atoms with van der Waals surface area (Å²) in [6, 6.07) is 4.88. The van der Waals surface area contributed by atoms with Gasteiger partial charge in [-0.1, -0.05) is 24.8 Å². The number of aromatic nitrogens is 2. The van der Waals surface area contributed by atoms with E-state index in [-0.39, 0.29) is 11.2 Å². The van der Waals surface area contributed by atoms with Crippen molar-refractivity contribution in [1.29, 1.82) is 0 Å². The van der Waals surface area contributed by atoms with Crippen LogP contribution in [0.5, 0.6) is 0 Å². The van der Waals surface area contributed by atoms with E-state index in [1.165, 1.54) is 17.8 Å². The van der Waals surface area contributed by atoms with Crippen molar-refractivity contribution in [2.24, 2.45) is 0 Å². The van der Waals surface area contributed by atoms with Gasteiger partial charge in [0.1, 0.15) is 5.58 Å². The van der Waals surface area contributed by atoms with Crippen molar-refractivity contribution in [3.8, 4) is 0 Å². The van der Waals surface area contributed by atoms with Crippen molar-refractivity contribution >= 4 is 45.3 Å². The van der Waals surface area contributed by atoms with Gasteiger partial charge in [0.05, 0.1) is 5.39 Å². The first-order valence-corrected chi connectivity index (χ1v) is 9.06. The van der Waals surface area contributed by atoms with E-state index in [2.05, 4.69) is 14.7 Å². The number of carbonyl (C=O) groups is 1. The van der Waals surface area contributed by atoms with E-state index in [4.69, 9.17) is 4.42 Å². The van der Waals surface area contributed by atoms with E-state index in [9.17, 15) is 9.59 Å². The molecule has 0 atom stereocenters. The molecule has 0 aliphatic rings. The first kappa shape index (κ1) is 16.7. The van der Waals surface area contributed by atoms with Gasteiger partial charge in [0.25, 0.3) is 5.91 Å². The maximum absolute atomic E-state index is 12.3. The predicted octanol–water partition coefficient (Wildman–Crippen LogP) is 3.63. The van der Waals surface area contributed by atoms with Gasteiger partial charge in [-0.25, -0.2) is 0 Å². The Morgan fingerprint density at radius 3 is 2.88 bits per heavy atom. The summed E-state index contributed by atoms with van der Waals surface area (Å²) in [6.07, 6.45) is 0. The van der Waals surface area contributed by atoms with Gasteiger partial charge in [-0.2, -0.15) is 9.36 Å². The molecule has 0 fully saturated rings. The van der Waals surface area contributed by atoms with Crippen LogP contribution in [0.25, 0.3) is 11.0 Å². The van der Waals surface area contributed by atoms with Crippen molar-refractivity contribution < 1.29 is 9.21 Å². The molecule has 6 nitrogen and oxygen atoms in total. The molecule has 1 amide bonds. The Balaban J connectivity index is 1.93. The zero-order valence-electron chi connectivity index (χ0n) is 13.4. The van der Waals surface area contributed by atoms with Gasteiger partial charge in [-0.05, 0) is 36.8 Å². The fraction of sp³-hybridized carbons (Fsp3) is 0.250. The SMILES string of the molecule is CCSc1nsc(NC(=O)c2cc(=O)c3cc(C)cc(C)c3o2)n1. The molecule has 2 heterocycles. The Bertz CT molecular complexity index is 978. The summed E-state index contributed by atoms with van der Waals surface area (Å²) in [7, 11) is 0. The van der Waals surface area contributed by atoms with Crippen LogP contribution >= 0.6 is 23.3 Å². The highest BCUT2D eigenvalue weighted by atomic mass is 32.2. The average molecular weight is 361 g/mol. The summed E-state index contributed by atoms with van der Waals surface area (Å²) in [6.45, 7) is 5.75. The molecular weight excluding hydrogens is 346 g/mol. The van der Waals surface area contributed by atoms with Crippen molar-refractivity contribution in [3.63, 3.8) is 0 Å². The van der Waals surface area contributed by atoms with Gasteiger partial charge in [-0.15, -0.1) is 0 Å². The lowest BCUT2D eigenvalue weighted by molar-refractivity contribution is 0.0997. The number of benzene rings is 1. The number of nitrogens with zero attached hydrogens (tertiary/aromatic N) is 2. The van der Waals surface area contributed by atoms with E-state index in [0.717, 1.165) is 28.4 Å². The second-order valence-corrected chi connectivity index (χ2v) is 7.19. The highest BCUT2D eigenvalue weighted by molar-refractivity contribution is 7.99. The molecule has 124 valence electrons. The third kappa shape index (κ3) is 3.34. The summed E-state index contributed by atoms with van der Waals surface area (Å²) < 4.78 is 9.79. The monoisotopic (exact) mass is 361 g/mol. The molecule has 24 heavy (non-hydrogen) atoms. The van der Waals surface area contributed by atoms with Crippen molar-refractivity contribution in [1.82, 2.24) is 9.36 Å². The summed E-state index contributed by atoms with van der Waals surface area (Å²) >= 11 is 2.58. The molecule has 0 saturated heterocycles. The molecule has 1 N–H and O–H groups in total. The van der Waals surface area contributed by atoms with Crippen LogP contribution in [0.1, 0.15) is 28.6 Å². The summed E-state index contributed by atoms with van der Waals surface area (Å²) in [4.78, 5) is 28.8. The standard InChI is InChI=1S/C16H15N3O3S2/c1-4-23-16-18-15(24-19-16)17-14(21)12-7-11(20)10-6-8(2)5-9(3)13(10)22-12/h5-7H,4H2,1-3H3,(H,17,18,19,21). The molecule has 2 aromatic heterocycles. The number of fused-ring (bicyclic) bond motifs is 1. The van der Waals surface area contributed by atoms with Gasteiger partial charge in [0.15, 0.2) is 11.2 Å². The van der Waals surface area contributed by atoms with E-state index in [1.807, 2.05) is 26.8 Å². The minimum absolute atomic E-state index is 0.0423. The van der Waals surface area contributed by atoms with Crippen molar-refractivity contribution in [2.75, 3.05) is 11.1 Å². The molecule has 1 aromatic carbocycles. The van der Waals surface area contributed by atoms with Crippen LogP contribution in [0.4, 0.5) is 5.13 Å². The Kier molecular flexibility index (Phi) is 4.68. The molecule has 0 radical (unpaired) electrons. The average Bonchev–Trinajstić information content (AvgIpc) is 2.95. The highest BCUT2D eigenvalue weighted by Crippen LogP contribution is 2.22. The van der Waals surface area contributed by atoms with Crippen LogP contribution in [0, 0.1) is 13.8 Å². The van der Waals surface area contributed by atoms with Crippen molar-refractivity contribution in [3.05, 3.63) is 45.3 Å². The topological polar surface area (TPSA) is 85.1 Å². The minimum atomic E-state index is -0.516. The lowest BCUT2D eigenvalue weighted by atomic mass is 10.1. The van der Waals surface area contributed by atoms with Gasteiger partial charge < -0.3 is 4.42 Å². The Hall–Kier alpha value is -2.19. The maximum Gasteiger partial charge on any atom is 0.293 e. The number of thioether (sulfide) groups is 1. The number of carbonyl (C=O) groups excluding carboxylic acids is 1. The number of nitrogens with one attached hydrogen (secondary N) is 1. The summed E-state index contributed by atoms with van der Waals surface area (Å²) in [5.74, 6) is 0.292. The molecule has 0 saturated carbocycles. The largest absolute Gasteiger partial charge is 0.450 e. The smallest absolute Gasteiger partial charge is 0.293 e. The second kappa shape index (κ2) is 6.74. The second-order valence-electron chi connectivity index (χ2n) is 5.20. The lowest BCUT2D eigenvalue weighted by Gasteiger charge is -2.06. The van der Waals surface area contributed by atoms with E-state index < -0.39 is 5.91 Å². The van der Waals surface area contributed by atoms with E-state index in [1.54, 1.807) is 6.07 Å².